The number of nitrogens with zero attached hydrogens (tertiary/aromatic N) is 4. The van der Waals surface area contributed by atoms with Gasteiger partial charge in [-0.2, -0.15) is 5.10 Å². The Morgan fingerprint density at radius 1 is 1.22 bits per heavy atom. The summed E-state index contributed by atoms with van der Waals surface area (Å²) in [6, 6.07) is 16.5. The van der Waals surface area contributed by atoms with Crippen LogP contribution in [0.25, 0.3) is 11.1 Å². The Bertz CT molecular complexity index is 1090. The van der Waals surface area contributed by atoms with E-state index in [0.29, 0.717) is 6.42 Å². The van der Waals surface area contributed by atoms with Gasteiger partial charge < -0.3 is 4.90 Å². The van der Waals surface area contributed by atoms with Crippen molar-refractivity contribution in [3.05, 3.63) is 72.1 Å². The monoisotopic (exact) mass is 427 g/mol. The van der Waals surface area contributed by atoms with Crippen LogP contribution in [0.3, 0.4) is 0 Å². The topological polar surface area (TPSA) is 73.7 Å². The van der Waals surface area contributed by atoms with E-state index >= 15 is 0 Å². The zero-order valence-corrected chi connectivity index (χ0v) is 18.6. The summed E-state index contributed by atoms with van der Waals surface area (Å²) in [5.41, 5.74) is 5.14. The number of nitrogens with one attached hydrogen (secondary N) is 1. The number of amides is 1. The number of likely N-dealkylation sites (tertiary alicyclic amines) is 1. The maximum absolute atomic E-state index is 12.8. The third-order valence-electron chi connectivity index (χ3n) is 5.95. The molecule has 2 heterocycles. The summed E-state index contributed by atoms with van der Waals surface area (Å²) in [6.45, 7) is 2.85. The molecule has 1 saturated heterocycles. The molecule has 6 heteroatoms. The minimum Gasteiger partial charge on any atom is -0.339 e. The molecule has 1 fully saturated rings. The van der Waals surface area contributed by atoms with Crippen molar-refractivity contribution in [2.45, 2.75) is 32.2 Å². The van der Waals surface area contributed by atoms with Gasteiger partial charge in [-0.1, -0.05) is 36.4 Å². The summed E-state index contributed by atoms with van der Waals surface area (Å²) < 4.78 is 0. The van der Waals surface area contributed by atoms with Crippen LogP contribution in [-0.4, -0.2) is 53.1 Å². The van der Waals surface area contributed by atoms with Crippen LogP contribution in [0, 0.1) is 5.92 Å². The Morgan fingerprint density at radius 2 is 2.06 bits per heavy atom. The van der Waals surface area contributed by atoms with Gasteiger partial charge in [0, 0.05) is 61.7 Å². The van der Waals surface area contributed by atoms with Crippen molar-refractivity contribution >= 4 is 24.0 Å². The van der Waals surface area contributed by atoms with Crippen molar-refractivity contribution in [2.24, 2.45) is 15.9 Å². The van der Waals surface area contributed by atoms with Gasteiger partial charge in [-0.15, -0.1) is 0 Å². The molecule has 2 atom stereocenters. The lowest BCUT2D eigenvalue weighted by Crippen LogP contribution is -2.34. The average Bonchev–Trinajstić information content (AvgIpc) is 3.47. The standard InChI is InChI=1S/C26H29N5O/c1-19-12-21(18-31(19)26(32)11-8-20-6-4-3-5-7-20)14-28-25-10-9-22(13-23(25)15-27-2)24-16-29-30-17-24/h3-7,9-10,13-17,19,21H,8,11-12,18H2,1-2H3,(H,29,30)/b27-15-,28-14+/t19-,21-/m1/s1. The zero-order valence-electron chi connectivity index (χ0n) is 18.6. The van der Waals surface area contributed by atoms with Crippen molar-refractivity contribution in [3.8, 4) is 11.1 Å². The number of benzene rings is 2. The van der Waals surface area contributed by atoms with Gasteiger partial charge in [-0.05, 0) is 43.0 Å². The van der Waals surface area contributed by atoms with E-state index in [1.165, 1.54) is 5.56 Å². The molecule has 0 bridgehead atoms. The van der Waals surface area contributed by atoms with E-state index in [0.717, 1.165) is 41.8 Å². The molecule has 0 spiro atoms. The minimum atomic E-state index is 0.223. The molecular formula is C26H29N5O. The number of hydrogen-bond acceptors (Lipinski definition) is 4. The number of aromatic amines is 1. The molecular weight excluding hydrogens is 398 g/mol. The molecule has 1 aliphatic heterocycles. The van der Waals surface area contributed by atoms with Crippen molar-refractivity contribution in [1.29, 1.82) is 0 Å². The predicted molar refractivity (Wildman–Crippen MR) is 130 cm³/mol. The van der Waals surface area contributed by atoms with Gasteiger partial charge in [0.05, 0.1) is 11.9 Å². The second-order valence-electron chi connectivity index (χ2n) is 8.30. The molecule has 0 unspecified atom stereocenters. The fourth-order valence-electron chi connectivity index (χ4n) is 4.26. The number of hydrogen-bond donors (Lipinski definition) is 1. The normalized spacial score (nSPS) is 18.8. The third-order valence-corrected chi connectivity index (χ3v) is 5.95. The zero-order chi connectivity index (χ0) is 22.3. The third kappa shape index (κ3) is 5.19. The Morgan fingerprint density at radius 3 is 2.81 bits per heavy atom. The SMILES string of the molecule is C/N=C\c1cc(-c2cn[nH]c2)ccc1/N=C/[C@H]1C[C@@H](C)N(C(=O)CCc2ccccc2)C1. The second kappa shape index (κ2) is 10.2. The van der Waals surface area contributed by atoms with Gasteiger partial charge in [0.15, 0.2) is 0 Å². The largest absolute Gasteiger partial charge is 0.339 e. The van der Waals surface area contributed by atoms with Crippen LogP contribution in [0.2, 0.25) is 0 Å². The van der Waals surface area contributed by atoms with Crippen LogP contribution in [-0.2, 0) is 11.2 Å². The van der Waals surface area contributed by atoms with Crippen molar-refractivity contribution < 1.29 is 4.79 Å². The van der Waals surface area contributed by atoms with Gasteiger partial charge in [-0.3, -0.25) is 19.9 Å². The van der Waals surface area contributed by atoms with E-state index < -0.39 is 0 Å². The maximum Gasteiger partial charge on any atom is 0.223 e. The molecule has 164 valence electrons. The number of carbonyl (C=O) groups excluding carboxylic acids is 1. The number of H-pyrrole nitrogens is 1. The van der Waals surface area contributed by atoms with Crippen LogP contribution >= 0.6 is 0 Å². The van der Waals surface area contributed by atoms with E-state index in [1.807, 2.05) is 53.9 Å². The van der Waals surface area contributed by atoms with Gasteiger partial charge in [0.25, 0.3) is 0 Å². The van der Waals surface area contributed by atoms with Crippen LogP contribution in [0.5, 0.6) is 0 Å². The highest BCUT2D eigenvalue weighted by Gasteiger charge is 2.31. The number of carbonyl (C=O) groups is 1. The molecule has 3 aromatic rings. The number of aromatic nitrogens is 2. The van der Waals surface area contributed by atoms with Gasteiger partial charge in [-0.25, -0.2) is 0 Å². The van der Waals surface area contributed by atoms with E-state index in [9.17, 15) is 4.79 Å². The molecule has 1 aromatic heterocycles. The quantitative estimate of drug-likeness (QED) is 0.555. The van der Waals surface area contributed by atoms with E-state index in [4.69, 9.17) is 4.99 Å². The Balaban J connectivity index is 1.41. The van der Waals surface area contributed by atoms with E-state index in [1.54, 1.807) is 13.2 Å². The average molecular weight is 428 g/mol. The molecule has 32 heavy (non-hydrogen) atoms. The summed E-state index contributed by atoms with van der Waals surface area (Å²) in [5, 5.41) is 6.87. The number of aryl methyl sites for hydroxylation is 1. The fourth-order valence-corrected chi connectivity index (χ4v) is 4.26. The predicted octanol–water partition coefficient (Wildman–Crippen LogP) is 4.70. The first-order valence-corrected chi connectivity index (χ1v) is 11.1. The lowest BCUT2D eigenvalue weighted by molar-refractivity contribution is -0.131. The molecule has 0 aliphatic carbocycles. The molecule has 1 amide bonds. The fraction of sp³-hybridized carbons (Fsp3) is 0.308. The number of aliphatic imine (C=N–C) groups is 2. The Hall–Kier alpha value is -3.54. The highest BCUT2D eigenvalue weighted by atomic mass is 16.2. The molecule has 0 radical (unpaired) electrons. The summed E-state index contributed by atoms with van der Waals surface area (Å²) in [4.78, 5) is 23.8. The number of rotatable bonds is 7. The van der Waals surface area contributed by atoms with Gasteiger partial charge in [0.2, 0.25) is 5.91 Å². The molecule has 1 aliphatic rings. The highest BCUT2D eigenvalue weighted by Crippen LogP contribution is 2.27. The first-order valence-electron chi connectivity index (χ1n) is 11.1. The first kappa shape index (κ1) is 21.7. The smallest absolute Gasteiger partial charge is 0.223 e. The first-order chi connectivity index (χ1) is 15.6. The summed E-state index contributed by atoms with van der Waals surface area (Å²) in [7, 11) is 1.76. The lowest BCUT2D eigenvalue weighted by Gasteiger charge is -2.21. The molecule has 1 N–H and O–H groups in total. The van der Waals surface area contributed by atoms with Crippen molar-refractivity contribution in [3.63, 3.8) is 0 Å². The van der Waals surface area contributed by atoms with Crippen molar-refractivity contribution in [1.82, 2.24) is 15.1 Å². The van der Waals surface area contributed by atoms with Gasteiger partial charge in [0.1, 0.15) is 0 Å². The van der Waals surface area contributed by atoms with Crippen LogP contribution < -0.4 is 0 Å². The van der Waals surface area contributed by atoms with Crippen LogP contribution in [0.1, 0.15) is 30.9 Å². The minimum absolute atomic E-state index is 0.223. The van der Waals surface area contributed by atoms with E-state index in [2.05, 4.69) is 40.3 Å². The summed E-state index contributed by atoms with van der Waals surface area (Å²) >= 11 is 0. The van der Waals surface area contributed by atoms with Crippen molar-refractivity contribution in [2.75, 3.05) is 13.6 Å². The molecule has 6 nitrogen and oxygen atoms in total. The van der Waals surface area contributed by atoms with Crippen LogP contribution in [0.15, 0.2) is 70.9 Å². The molecule has 4 rings (SSSR count). The Kier molecular flexibility index (Phi) is 6.90. The Labute approximate surface area is 189 Å². The van der Waals surface area contributed by atoms with E-state index in [-0.39, 0.29) is 17.9 Å². The van der Waals surface area contributed by atoms with Crippen LogP contribution in [0.4, 0.5) is 5.69 Å². The second-order valence-corrected chi connectivity index (χ2v) is 8.30. The highest BCUT2D eigenvalue weighted by molar-refractivity contribution is 5.90. The molecule has 0 saturated carbocycles. The maximum atomic E-state index is 12.8. The van der Waals surface area contributed by atoms with Gasteiger partial charge >= 0.3 is 0 Å². The lowest BCUT2D eigenvalue weighted by atomic mass is 10.0. The summed E-state index contributed by atoms with van der Waals surface area (Å²) in [6.07, 6.45) is 9.76. The summed E-state index contributed by atoms with van der Waals surface area (Å²) in [5.74, 6) is 0.478. The molecule has 2 aromatic carbocycles.